The molecule has 0 unspecified atom stereocenters. The third-order valence-electron chi connectivity index (χ3n) is 4.02. The van der Waals surface area contributed by atoms with Crippen LogP contribution in [0.1, 0.15) is 36.0 Å². The van der Waals surface area contributed by atoms with E-state index in [1.165, 1.54) is 0 Å². The molecule has 0 saturated heterocycles. The van der Waals surface area contributed by atoms with Gasteiger partial charge < -0.3 is 10.4 Å². The molecule has 0 bridgehead atoms. The number of amides is 1. The first-order valence-corrected chi connectivity index (χ1v) is 6.80. The molecule has 1 fully saturated rings. The lowest BCUT2D eigenvalue weighted by Crippen LogP contribution is -2.38. The molecule has 0 aromatic heterocycles. The number of rotatable bonds is 5. The highest BCUT2D eigenvalue weighted by atomic mass is 19.1. The summed E-state index contributed by atoms with van der Waals surface area (Å²) in [6.45, 7) is 0.189. The Balaban J connectivity index is 2.13. The molecule has 1 aromatic carbocycles. The lowest BCUT2D eigenvalue weighted by atomic mass is 9.87. The highest BCUT2D eigenvalue weighted by Gasteiger charge is 2.34. The van der Waals surface area contributed by atoms with Crippen LogP contribution in [-0.2, 0) is 0 Å². The zero-order valence-corrected chi connectivity index (χ0v) is 11.5. The Hall–Kier alpha value is -2.02. The minimum absolute atomic E-state index is 0.0431. The molecule has 1 saturated carbocycles. The molecule has 1 amide bonds. The molecule has 0 radical (unpaired) electrons. The molecule has 0 spiro atoms. The molecule has 21 heavy (non-hydrogen) atoms. The van der Waals surface area contributed by atoms with E-state index in [4.69, 9.17) is 0 Å². The standard InChI is InChI=1S/C14H17FN2O4/c15-10-3-4-12(17(20)21)11(7-10)13(19)16-8-14(9-18)5-1-2-6-14/h3-4,7,18H,1-2,5-6,8-9H2,(H,16,19). The molecular weight excluding hydrogens is 279 g/mol. The normalized spacial score (nSPS) is 16.7. The summed E-state index contributed by atoms with van der Waals surface area (Å²) >= 11 is 0. The number of carbonyl (C=O) groups excluding carboxylic acids is 1. The SMILES string of the molecule is O=C(NCC1(CO)CCCC1)c1cc(F)ccc1[N+](=O)[O-]. The minimum atomic E-state index is -0.717. The van der Waals surface area contributed by atoms with E-state index >= 15 is 0 Å². The Morgan fingerprint density at radius 1 is 1.43 bits per heavy atom. The maximum Gasteiger partial charge on any atom is 0.282 e. The lowest BCUT2D eigenvalue weighted by molar-refractivity contribution is -0.385. The zero-order valence-electron chi connectivity index (χ0n) is 11.5. The van der Waals surface area contributed by atoms with E-state index in [0.717, 1.165) is 43.9 Å². The maximum absolute atomic E-state index is 13.2. The fraction of sp³-hybridized carbons (Fsp3) is 0.500. The average Bonchev–Trinajstić information content (AvgIpc) is 2.94. The number of aliphatic hydroxyl groups excluding tert-OH is 1. The van der Waals surface area contributed by atoms with Gasteiger partial charge >= 0.3 is 0 Å². The third kappa shape index (κ3) is 3.36. The van der Waals surface area contributed by atoms with Gasteiger partial charge in [0.25, 0.3) is 11.6 Å². The number of hydrogen-bond donors (Lipinski definition) is 2. The number of aliphatic hydroxyl groups is 1. The highest BCUT2D eigenvalue weighted by molar-refractivity contribution is 5.98. The molecule has 114 valence electrons. The van der Waals surface area contributed by atoms with Gasteiger partial charge in [-0.05, 0) is 25.0 Å². The Labute approximate surface area is 121 Å². The molecule has 1 aliphatic carbocycles. The maximum atomic E-state index is 13.2. The largest absolute Gasteiger partial charge is 0.396 e. The van der Waals surface area contributed by atoms with Gasteiger partial charge in [-0.15, -0.1) is 0 Å². The summed E-state index contributed by atoms with van der Waals surface area (Å²) < 4.78 is 13.2. The monoisotopic (exact) mass is 296 g/mol. The van der Waals surface area contributed by atoms with Crippen LogP contribution in [0.4, 0.5) is 10.1 Å². The molecule has 1 aliphatic rings. The Morgan fingerprint density at radius 3 is 2.67 bits per heavy atom. The van der Waals surface area contributed by atoms with Crippen molar-refractivity contribution in [2.45, 2.75) is 25.7 Å². The van der Waals surface area contributed by atoms with Crippen molar-refractivity contribution in [2.24, 2.45) is 5.41 Å². The zero-order chi connectivity index (χ0) is 15.5. The number of nitrogens with zero attached hydrogens (tertiary/aromatic N) is 1. The van der Waals surface area contributed by atoms with Crippen molar-refractivity contribution in [3.63, 3.8) is 0 Å². The van der Waals surface area contributed by atoms with Gasteiger partial charge in [-0.2, -0.15) is 0 Å². The van der Waals surface area contributed by atoms with E-state index in [1.807, 2.05) is 0 Å². The van der Waals surface area contributed by atoms with Gasteiger partial charge in [-0.25, -0.2) is 4.39 Å². The van der Waals surface area contributed by atoms with Crippen LogP contribution in [0, 0.1) is 21.3 Å². The second-order valence-corrected chi connectivity index (χ2v) is 5.47. The lowest BCUT2D eigenvalue weighted by Gasteiger charge is -2.26. The van der Waals surface area contributed by atoms with Crippen molar-refractivity contribution in [3.05, 3.63) is 39.7 Å². The molecule has 6 nitrogen and oxygen atoms in total. The molecule has 0 aliphatic heterocycles. The minimum Gasteiger partial charge on any atom is -0.396 e. The first-order valence-electron chi connectivity index (χ1n) is 6.80. The second-order valence-electron chi connectivity index (χ2n) is 5.47. The van der Waals surface area contributed by atoms with Crippen LogP contribution in [0.15, 0.2) is 18.2 Å². The van der Waals surface area contributed by atoms with E-state index in [2.05, 4.69) is 5.32 Å². The number of nitro groups is 1. The van der Waals surface area contributed by atoms with Crippen molar-refractivity contribution in [1.82, 2.24) is 5.32 Å². The molecule has 0 heterocycles. The van der Waals surface area contributed by atoms with Crippen LogP contribution in [0.3, 0.4) is 0 Å². The number of nitro benzene ring substituents is 1. The van der Waals surface area contributed by atoms with Crippen LogP contribution in [-0.4, -0.2) is 29.1 Å². The number of carbonyl (C=O) groups is 1. The number of hydrogen-bond acceptors (Lipinski definition) is 4. The summed E-state index contributed by atoms with van der Waals surface area (Å²) in [5.74, 6) is -1.40. The number of halogens is 1. The number of nitrogens with one attached hydrogen (secondary N) is 1. The number of benzene rings is 1. The van der Waals surface area contributed by atoms with Gasteiger partial charge in [0, 0.05) is 18.0 Å². The predicted molar refractivity (Wildman–Crippen MR) is 73.4 cm³/mol. The van der Waals surface area contributed by atoms with Crippen LogP contribution in [0.5, 0.6) is 0 Å². The highest BCUT2D eigenvalue weighted by Crippen LogP contribution is 2.37. The molecule has 7 heteroatoms. The topological polar surface area (TPSA) is 92.5 Å². The van der Waals surface area contributed by atoms with E-state index in [-0.39, 0.29) is 24.1 Å². The summed E-state index contributed by atoms with van der Waals surface area (Å²) in [4.78, 5) is 22.2. The van der Waals surface area contributed by atoms with Crippen LogP contribution in [0.25, 0.3) is 0 Å². The van der Waals surface area contributed by atoms with Gasteiger partial charge in [0.05, 0.1) is 11.5 Å². The quantitative estimate of drug-likeness (QED) is 0.642. The summed E-state index contributed by atoms with van der Waals surface area (Å²) in [7, 11) is 0. The molecule has 1 aromatic rings. The first-order chi connectivity index (χ1) is 9.97. The van der Waals surface area contributed by atoms with Crippen LogP contribution >= 0.6 is 0 Å². The average molecular weight is 296 g/mol. The van der Waals surface area contributed by atoms with E-state index < -0.39 is 22.3 Å². The summed E-state index contributed by atoms with van der Waals surface area (Å²) in [6.07, 6.45) is 3.57. The van der Waals surface area contributed by atoms with Crippen molar-refractivity contribution < 1.29 is 19.2 Å². The van der Waals surface area contributed by atoms with Gasteiger partial charge in [0.15, 0.2) is 0 Å². The van der Waals surface area contributed by atoms with Gasteiger partial charge in [0.2, 0.25) is 0 Å². The van der Waals surface area contributed by atoms with Gasteiger partial charge in [-0.3, -0.25) is 14.9 Å². The van der Waals surface area contributed by atoms with Crippen molar-refractivity contribution in [3.8, 4) is 0 Å². The second kappa shape index (κ2) is 6.17. The van der Waals surface area contributed by atoms with Gasteiger partial charge in [0.1, 0.15) is 11.4 Å². The third-order valence-corrected chi connectivity index (χ3v) is 4.02. The van der Waals surface area contributed by atoms with Crippen LogP contribution < -0.4 is 5.32 Å². The summed E-state index contributed by atoms with van der Waals surface area (Å²) in [5, 5.41) is 22.9. The predicted octanol–water partition coefficient (Wildman–Crippen LogP) is 2.02. The van der Waals surface area contributed by atoms with Crippen LogP contribution in [0.2, 0.25) is 0 Å². The molecule has 2 N–H and O–H groups in total. The Kier molecular flexibility index (Phi) is 4.52. The van der Waals surface area contributed by atoms with Crippen molar-refractivity contribution in [2.75, 3.05) is 13.2 Å². The molecule has 2 rings (SSSR count). The fourth-order valence-corrected chi connectivity index (χ4v) is 2.73. The molecule has 0 atom stereocenters. The van der Waals surface area contributed by atoms with E-state index in [0.29, 0.717) is 0 Å². The summed E-state index contributed by atoms with van der Waals surface area (Å²) in [5.41, 5.74) is -1.10. The van der Waals surface area contributed by atoms with Crippen molar-refractivity contribution in [1.29, 1.82) is 0 Å². The van der Waals surface area contributed by atoms with E-state index in [9.17, 15) is 24.4 Å². The van der Waals surface area contributed by atoms with E-state index in [1.54, 1.807) is 0 Å². The smallest absolute Gasteiger partial charge is 0.282 e. The Morgan fingerprint density at radius 2 is 2.10 bits per heavy atom. The summed E-state index contributed by atoms with van der Waals surface area (Å²) in [6, 6.07) is 2.77. The molecular formula is C14H17FN2O4. The first kappa shape index (κ1) is 15.4. The fourth-order valence-electron chi connectivity index (χ4n) is 2.73. The van der Waals surface area contributed by atoms with Crippen molar-refractivity contribution >= 4 is 11.6 Å². The Bertz CT molecular complexity index is 556. The van der Waals surface area contributed by atoms with Gasteiger partial charge in [-0.1, -0.05) is 12.8 Å².